The summed E-state index contributed by atoms with van der Waals surface area (Å²) in [7, 11) is 0.0833. The van der Waals surface area contributed by atoms with E-state index in [0.29, 0.717) is 35.5 Å². The standard InChI is InChI=1S/C42H54ClFN4O4Si/c1-28(2)30-10-7-8-11-31(30)32-12-9-13-36(32)48-25-42(26-48)16-18-46(19-17-42)29-14-15-33(41(49)50-3)37(22-29)52-38-23-34-35(44)24-47(40(34)45-39(38)43)27-51-20-21-53(4,5)6/h7-8,10-11,14-15,22-24,28,32,36H,9,12-13,16-21,25-27H2,1-6H3/t32-,36-/m0/s1. The Labute approximate surface area is 319 Å². The van der Waals surface area contributed by atoms with Gasteiger partial charge < -0.3 is 23.7 Å². The average Bonchev–Trinajstić information content (AvgIpc) is 3.72. The zero-order chi connectivity index (χ0) is 37.5. The number of ether oxygens (including phenoxy) is 3. The minimum absolute atomic E-state index is 0.0619. The molecule has 284 valence electrons. The quantitative estimate of drug-likeness (QED) is 0.0616. The van der Waals surface area contributed by atoms with Gasteiger partial charge in [0.1, 0.15) is 23.7 Å². The molecular weight excluding hydrogens is 707 g/mol. The molecule has 4 heterocycles. The van der Waals surface area contributed by atoms with Crippen LogP contribution in [0.3, 0.4) is 0 Å². The second kappa shape index (κ2) is 15.4. The SMILES string of the molecule is COC(=O)c1ccc(N2CCC3(CC2)CN([C@H]2CCC[C@H]2c2ccccc2C(C)C)C3)cc1Oc1cc2c(F)cn(COCC[Si](C)(C)C)c2nc1Cl. The molecule has 0 N–H and O–H groups in total. The van der Waals surface area contributed by atoms with Gasteiger partial charge in [-0.1, -0.05) is 75.8 Å². The molecule has 1 saturated carbocycles. The zero-order valence-electron chi connectivity index (χ0n) is 32.1. The van der Waals surface area contributed by atoms with E-state index in [-0.39, 0.29) is 34.3 Å². The zero-order valence-corrected chi connectivity index (χ0v) is 33.8. The summed E-state index contributed by atoms with van der Waals surface area (Å²) in [6.07, 6.45) is 7.46. The van der Waals surface area contributed by atoms with Crippen LogP contribution in [0, 0.1) is 11.2 Å². The first kappa shape index (κ1) is 37.9. The molecule has 2 aromatic carbocycles. The summed E-state index contributed by atoms with van der Waals surface area (Å²) >= 11 is 6.65. The third kappa shape index (κ3) is 8.02. The van der Waals surface area contributed by atoms with Crippen LogP contribution in [0.2, 0.25) is 30.8 Å². The minimum atomic E-state index is -1.26. The normalized spacial score (nSPS) is 20.4. The van der Waals surface area contributed by atoms with Crippen LogP contribution in [0.15, 0.2) is 54.7 Å². The number of carbonyl (C=O) groups excluding carboxylic acids is 1. The van der Waals surface area contributed by atoms with Gasteiger partial charge in [-0.2, -0.15) is 0 Å². The molecule has 0 bridgehead atoms. The first-order valence-electron chi connectivity index (χ1n) is 19.3. The number of halogens is 2. The summed E-state index contributed by atoms with van der Waals surface area (Å²) in [5, 5.41) is 0.324. The van der Waals surface area contributed by atoms with Crippen LogP contribution in [-0.4, -0.2) is 74.4 Å². The molecule has 4 aromatic rings. The van der Waals surface area contributed by atoms with E-state index in [0.717, 1.165) is 37.7 Å². The first-order valence-corrected chi connectivity index (χ1v) is 23.3. The number of hydrogen-bond acceptors (Lipinski definition) is 7. The van der Waals surface area contributed by atoms with Crippen molar-refractivity contribution < 1.29 is 23.4 Å². The number of piperidine rings is 1. The van der Waals surface area contributed by atoms with E-state index in [1.54, 1.807) is 16.2 Å². The lowest BCUT2D eigenvalue weighted by atomic mass is 9.70. The minimum Gasteiger partial charge on any atom is -0.465 e. The fraction of sp³-hybridized carbons (Fsp3) is 0.524. The van der Waals surface area contributed by atoms with E-state index >= 15 is 4.39 Å². The Morgan fingerprint density at radius 3 is 2.53 bits per heavy atom. The number of methoxy groups -OCH3 is 1. The van der Waals surface area contributed by atoms with Crippen LogP contribution in [0.4, 0.5) is 10.1 Å². The van der Waals surface area contributed by atoms with Crippen LogP contribution in [-0.2, 0) is 16.2 Å². The van der Waals surface area contributed by atoms with E-state index in [1.165, 1.54) is 57.3 Å². The monoisotopic (exact) mass is 760 g/mol. The van der Waals surface area contributed by atoms with Crippen molar-refractivity contribution >= 4 is 42.4 Å². The number of pyridine rings is 1. The Hall–Kier alpha value is -3.44. The van der Waals surface area contributed by atoms with Crippen molar-refractivity contribution in [2.75, 3.05) is 44.8 Å². The van der Waals surface area contributed by atoms with Gasteiger partial charge in [-0.3, -0.25) is 4.90 Å². The van der Waals surface area contributed by atoms with Crippen molar-refractivity contribution in [2.24, 2.45) is 5.41 Å². The van der Waals surface area contributed by atoms with Gasteiger partial charge in [0.05, 0.1) is 12.5 Å². The predicted octanol–water partition coefficient (Wildman–Crippen LogP) is 10.1. The van der Waals surface area contributed by atoms with Crippen molar-refractivity contribution in [3.63, 3.8) is 0 Å². The van der Waals surface area contributed by atoms with E-state index in [9.17, 15) is 4.79 Å². The first-order chi connectivity index (χ1) is 25.3. The molecule has 8 nitrogen and oxygen atoms in total. The number of aromatic nitrogens is 2. The maximum atomic E-state index is 15.2. The maximum Gasteiger partial charge on any atom is 0.341 e. The fourth-order valence-corrected chi connectivity index (χ4v) is 9.68. The lowest BCUT2D eigenvalue weighted by molar-refractivity contribution is -0.0493. The summed E-state index contributed by atoms with van der Waals surface area (Å²) in [5.41, 5.74) is 5.00. The third-order valence-electron chi connectivity index (χ3n) is 11.8. The molecule has 3 fully saturated rings. The number of carbonyl (C=O) groups is 1. The van der Waals surface area contributed by atoms with Crippen LogP contribution < -0.4 is 9.64 Å². The summed E-state index contributed by atoms with van der Waals surface area (Å²) in [6.45, 7) is 16.4. The van der Waals surface area contributed by atoms with Gasteiger partial charge in [0, 0.05) is 64.9 Å². The second-order valence-corrected chi connectivity index (χ2v) is 23.0. The second-order valence-electron chi connectivity index (χ2n) is 17.0. The largest absolute Gasteiger partial charge is 0.465 e. The van der Waals surface area contributed by atoms with E-state index < -0.39 is 19.9 Å². The summed E-state index contributed by atoms with van der Waals surface area (Å²) in [4.78, 5) is 22.5. The number of nitrogens with zero attached hydrogens (tertiary/aromatic N) is 4. The van der Waals surface area contributed by atoms with Crippen molar-refractivity contribution in [2.45, 2.75) is 96.2 Å². The van der Waals surface area contributed by atoms with Gasteiger partial charge >= 0.3 is 5.97 Å². The molecule has 3 aliphatic rings. The van der Waals surface area contributed by atoms with Gasteiger partial charge in [-0.15, -0.1) is 0 Å². The van der Waals surface area contributed by atoms with E-state index in [4.69, 9.17) is 25.8 Å². The molecule has 2 aromatic heterocycles. The van der Waals surface area contributed by atoms with Crippen molar-refractivity contribution in [1.29, 1.82) is 0 Å². The highest BCUT2D eigenvalue weighted by molar-refractivity contribution is 6.76. The summed E-state index contributed by atoms with van der Waals surface area (Å²) in [5.74, 6) is 0.623. The smallest absolute Gasteiger partial charge is 0.341 e. The Kier molecular flexibility index (Phi) is 11.0. The molecule has 2 atom stereocenters. The highest BCUT2D eigenvalue weighted by Gasteiger charge is 2.49. The van der Waals surface area contributed by atoms with E-state index in [2.05, 4.69) is 72.5 Å². The van der Waals surface area contributed by atoms with Gasteiger partial charge in [-0.25, -0.2) is 14.2 Å². The number of fused-ring (bicyclic) bond motifs is 1. The number of esters is 1. The van der Waals surface area contributed by atoms with Gasteiger partial charge in [0.15, 0.2) is 16.7 Å². The van der Waals surface area contributed by atoms with Gasteiger partial charge in [0.2, 0.25) is 0 Å². The summed E-state index contributed by atoms with van der Waals surface area (Å²) in [6, 6.07) is 17.8. The number of hydrogen-bond donors (Lipinski definition) is 0. The molecule has 0 radical (unpaired) electrons. The molecule has 53 heavy (non-hydrogen) atoms. The molecule has 0 amide bonds. The molecule has 1 aliphatic carbocycles. The maximum absolute atomic E-state index is 15.2. The third-order valence-corrected chi connectivity index (χ3v) is 13.7. The fourth-order valence-electron chi connectivity index (χ4n) is 8.75. The van der Waals surface area contributed by atoms with E-state index in [1.807, 2.05) is 12.1 Å². The highest BCUT2D eigenvalue weighted by Crippen LogP contribution is 2.49. The van der Waals surface area contributed by atoms with Gasteiger partial charge in [-0.05, 0) is 78.3 Å². The Balaban J connectivity index is 1.03. The van der Waals surface area contributed by atoms with Crippen LogP contribution in [0.25, 0.3) is 11.0 Å². The number of rotatable bonds is 12. The number of likely N-dealkylation sites (tertiary alicyclic amines) is 1. The molecule has 11 heteroatoms. The summed E-state index contributed by atoms with van der Waals surface area (Å²) < 4.78 is 34.0. The van der Waals surface area contributed by atoms with Crippen molar-refractivity contribution in [3.05, 3.63) is 82.4 Å². The highest BCUT2D eigenvalue weighted by atomic mass is 35.5. The van der Waals surface area contributed by atoms with Crippen LogP contribution >= 0.6 is 11.6 Å². The van der Waals surface area contributed by atoms with Crippen LogP contribution in [0.1, 0.15) is 79.3 Å². The van der Waals surface area contributed by atoms with Gasteiger partial charge in [0.25, 0.3) is 0 Å². The van der Waals surface area contributed by atoms with Crippen LogP contribution in [0.5, 0.6) is 11.5 Å². The average molecular weight is 761 g/mol. The Morgan fingerprint density at radius 1 is 1.06 bits per heavy atom. The lowest BCUT2D eigenvalue weighted by Crippen LogP contribution is -2.63. The molecule has 1 spiro atoms. The Morgan fingerprint density at radius 2 is 1.81 bits per heavy atom. The predicted molar refractivity (Wildman–Crippen MR) is 213 cm³/mol. The topological polar surface area (TPSA) is 69.1 Å². The van der Waals surface area contributed by atoms with Crippen molar-refractivity contribution in [1.82, 2.24) is 14.5 Å². The molecule has 2 saturated heterocycles. The number of anilines is 1. The number of benzene rings is 2. The molecule has 0 unspecified atom stereocenters. The lowest BCUT2D eigenvalue weighted by Gasteiger charge is -2.57. The van der Waals surface area contributed by atoms with Crippen molar-refractivity contribution in [3.8, 4) is 11.5 Å². The molecule has 7 rings (SSSR count). The Bertz CT molecular complexity index is 1950. The molecule has 2 aliphatic heterocycles. The molecular formula is C42H54ClFN4O4Si.